The molecule has 0 fully saturated rings. The van der Waals surface area contributed by atoms with Gasteiger partial charge in [0.1, 0.15) is 0 Å². The van der Waals surface area contributed by atoms with Crippen molar-refractivity contribution < 1.29 is 0 Å². The average Bonchev–Trinajstić information content (AvgIpc) is 3.18. The quantitative estimate of drug-likeness (QED) is 0.411. The van der Waals surface area contributed by atoms with E-state index in [0.29, 0.717) is 5.11 Å². The first-order valence-corrected chi connectivity index (χ1v) is 9.88. The summed E-state index contributed by atoms with van der Waals surface area (Å²) in [6, 6.07) is 29.3. The van der Waals surface area contributed by atoms with Gasteiger partial charge in [-0.05, 0) is 35.0 Å². The molecule has 0 radical (unpaired) electrons. The van der Waals surface area contributed by atoms with Crippen molar-refractivity contribution in [2.45, 2.75) is 12.5 Å². The summed E-state index contributed by atoms with van der Waals surface area (Å²) in [5.74, 6) is 0.203. The molecule has 0 spiro atoms. The number of nitrogens with one attached hydrogen (secondary N) is 3. The van der Waals surface area contributed by atoms with E-state index in [9.17, 15) is 0 Å². The van der Waals surface area contributed by atoms with Gasteiger partial charge in [0.2, 0.25) is 0 Å². The molecule has 0 saturated carbocycles. The van der Waals surface area contributed by atoms with Gasteiger partial charge in [-0.2, -0.15) is 0 Å². The number of rotatable bonds is 6. The van der Waals surface area contributed by atoms with Crippen molar-refractivity contribution in [3.05, 3.63) is 108 Å². The molecule has 1 heterocycles. The predicted molar refractivity (Wildman–Crippen MR) is 120 cm³/mol. The summed E-state index contributed by atoms with van der Waals surface area (Å²) in [4.78, 5) is 3.40. The van der Waals surface area contributed by atoms with Crippen LogP contribution in [0.25, 0.3) is 10.9 Å². The van der Waals surface area contributed by atoms with Crippen molar-refractivity contribution in [3.8, 4) is 0 Å². The number of hydrogen-bond acceptors (Lipinski definition) is 1. The molecule has 0 aliphatic carbocycles. The zero-order valence-electron chi connectivity index (χ0n) is 15.6. The molecule has 0 aliphatic heterocycles. The second-order valence-corrected chi connectivity index (χ2v) is 7.21. The van der Waals surface area contributed by atoms with Crippen LogP contribution in [0.3, 0.4) is 0 Å². The van der Waals surface area contributed by atoms with E-state index in [1.54, 1.807) is 0 Å². The lowest BCUT2D eigenvalue weighted by Crippen LogP contribution is -2.37. The average molecular weight is 386 g/mol. The minimum absolute atomic E-state index is 0.203. The fourth-order valence-corrected chi connectivity index (χ4v) is 3.67. The van der Waals surface area contributed by atoms with Crippen LogP contribution in [-0.4, -0.2) is 16.6 Å². The Morgan fingerprint density at radius 2 is 1.50 bits per heavy atom. The van der Waals surface area contributed by atoms with Crippen LogP contribution < -0.4 is 10.6 Å². The highest BCUT2D eigenvalue weighted by atomic mass is 32.1. The number of hydrogen-bond donors (Lipinski definition) is 3. The number of H-pyrrole nitrogens is 1. The Labute approximate surface area is 170 Å². The van der Waals surface area contributed by atoms with Crippen LogP contribution >= 0.6 is 12.2 Å². The van der Waals surface area contributed by atoms with Gasteiger partial charge in [0.05, 0.1) is 0 Å². The van der Waals surface area contributed by atoms with Crippen molar-refractivity contribution in [3.63, 3.8) is 0 Å². The Balaban J connectivity index is 1.49. The van der Waals surface area contributed by atoms with Crippen LogP contribution in [0.5, 0.6) is 0 Å². The molecule has 1 aromatic heterocycles. The number of benzene rings is 3. The van der Waals surface area contributed by atoms with Crippen LogP contribution in [0.1, 0.15) is 22.6 Å². The third-order valence-electron chi connectivity index (χ3n) is 4.96. The zero-order chi connectivity index (χ0) is 19.2. The van der Waals surface area contributed by atoms with Gasteiger partial charge in [-0.3, -0.25) is 0 Å². The van der Waals surface area contributed by atoms with Crippen LogP contribution in [0.4, 0.5) is 0 Å². The summed E-state index contributed by atoms with van der Waals surface area (Å²) in [5.41, 5.74) is 4.91. The normalized spacial score (nSPS) is 11.9. The molecule has 0 bridgehead atoms. The molecule has 4 heteroatoms. The first kappa shape index (κ1) is 18.3. The summed E-state index contributed by atoms with van der Waals surface area (Å²) >= 11 is 5.52. The van der Waals surface area contributed by atoms with E-state index >= 15 is 0 Å². The molecular formula is C24H23N3S. The highest BCUT2D eigenvalue weighted by molar-refractivity contribution is 7.80. The lowest BCUT2D eigenvalue weighted by atomic mass is 9.91. The second-order valence-electron chi connectivity index (χ2n) is 6.80. The summed E-state index contributed by atoms with van der Waals surface area (Å²) in [7, 11) is 0. The molecule has 0 unspecified atom stereocenters. The maximum atomic E-state index is 5.52. The second kappa shape index (κ2) is 8.72. The van der Waals surface area contributed by atoms with E-state index in [1.807, 2.05) is 18.2 Å². The summed E-state index contributed by atoms with van der Waals surface area (Å²) in [5, 5.41) is 8.63. The van der Waals surface area contributed by atoms with Gasteiger partial charge in [-0.15, -0.1) is 0 Å². The molecule has 3 nitrogen and oxygen atoms in total. The Hall–Kier alpha value is -3.11. The van der Waals surface area contributed by atoms with E-state index < -0.39 is 0 Å². The Kier molecular flexibility index (Phi) is 5.69. The van der Waals surface area contributed by atoms with Gasteiger partial charge in [0, 0.05) is 36.1 Å². The van der Waals surface area contributed by atoms with Gasteiger partial charge < -0.3 is 15.6 Å². The van der Waals surface area contributed by atoms with Crippen molar-refractivity contribution in [2.75, 3.05) is 6.54 Å². The summed E-state index contributed by atoms with van der Waals surface area (Å²) < 4.78 is 0. The molecule has 3 N–H and O–H groups in total. The van der Waals surface area contributed by atoms with Crippen molar-refractivity contribution in [1.82, 2.24) is 15.6 Å². The lowest BCUT2D eigenvalue weighted by molar-refractivity contribution is 0.743. The molecule has 0 amide bonds. The number of fused-ring (bicyclic) bond motifs is 1. The zero-order valence-corrected chi connectivity index (χ0v) is 16.4. The first-order valence-electron chi connectivity index (χ1n) is 9.48. The van der Waals surface area contributed by atoms with Crippen molar-refractivity contribution in [1.29, 1.82) is 0 Å². The summed E-state index contributed by atoms with van der Waals surface area (Å²) in [6.45, 7) is 1.45. The van der Waals surface area contributed by atoms with Gasteiger partial charge in [0.25, 0.3) is 0 Å². The number of aromatic nitrogens is 1. The maximum absolute atomic E-state index is 5.52. The lowest BCUT2D eigenvalue weighted by Gasteiger charge is -2.19. The number of thiocarbonyl (C=S) groups is 1. The third kappa shape index (κ3) is 4.24. The topological polar surface area (TPSA) is 39.8 Å². The van der Waals surface area contributed by atoms with Gasteiger partial charge >= 0.3 is 0 Å². The van der Waals surface area contributed by atoms with Crippen LogP contribution in [0.15, 0.2) is 91.1 Å². The Morgan fingerprint density at radius 1 is 0.821 bits per heavy atom. The standard InChI is InChI=1S/C24H23N3S/c28-24(26-15-18-9-3-1-4-10-18)27-16-21(19-11-5-2-6-12-19)22-17-25-23-14-8-7-13-20(22)23/h1-14,17,21,25H,15-16H2,(H2,26,27,28)/t21-/m0/s1. The highest BCUT2D eigenvalue weighted by Crippen LogP contribution is 2.30. The highest BCUT2D eigenvalue weighted by Gasteiger charge is 2.18. The molecule has 140 valence electrons. The van der Waals surface area contributed by atoms with E-state index in [1.165, 1.54) is 22.1 Å². The summed E-state index contributed by atoms with van der Waals surface area (Å²) in [6.07, 6.45) is 2.12. The van der Waals surface area contributed by atoms with Crippen molar-refractivity contribution in [2.24, 2.45) is 0 Å². The third-order valence-corrected chi connectivity index (χ3v) is 5.25. The Bertz CT molecular complexity index is 1040. The molecule has 28 heavy (non-hydrogen) atoms. The molecule has 3 aromatic carbocycles. The van der Waals surface area contributed by atoms with Crippen LogP contribution in [-0.2, 0) is 6.54 Å². The molecule has 4 aromatic rings. The van der Waals surface area contributed by atoms with Gasteiger partial charge in [-0.25, -0.2) is 0 Å². The molecule has 0 aliphatic rings. The number of aromatic amines is 1. The van der Waals surface area contributed by atoms with E-state index in [4.69, 9.17) is 12.2 Å². The molecular weight excluding hydrogens is 362 g/mol. The Morgan fingerprint density at radius 3 is 2.29 bits per heavy atom. The monoisotopic (exact) mass is 385 g/mol. The van der Waals surface area contributed by atoms with E-state index in [2.05, 4.69) is 88.5 Å². The van der Waals surface area contributed by atoms with E-state index in [-0.39, 0.29) is 5.92 Å². The van der Waals surface area contributed by atoms with Crippen LogP contribution in [0, 0.1) is 0 Å². The van der Waals surface area contributed by atoms with E-state index in [0.717, 1.165) is 18.6 Å². The largest absolute Gasteiger partial charge is 0.362 e. The SMILES string of the molecule is S=C(NCc1ccccc1)NC[C@@H](c1ccccc1)c1c[nH]c2ccccc12. The molecule has 1 atom stereocenters. The minimum atomic E-state index is 0.203. The van der Waals surface area contributed by atoms with Gasteiger partial charge in [-0.1, -0.05) is 78.9 Å². The first-order chi connectivity index (χ1) is 13.8. The van der Waals surface area contributed by atoms with Gasteiger partial charge in [0.15, 0.2) is 5.11 Å². The minimum Gasteiger partial charge on any atom is -0.362 e. The smallest absolute Gasteiger partial charge is 0.166 e. The predicted octanol–water partition coefficient (Wildman–Crippen LogP) is 4.96. The number of para-hydroxylation sites is 1. The maximum Gasteiger partial charge on any atom is 0.166 e. The molecule has 0 saturated heterocycles. The van der Waals surface area contributed by atoms with Crippen molar-refractivity contribution >= 4 is 28.2 Å². The fraction of sp³-hybridized carbons (Fsp3) is 0.125. The van der Waals surface area contributed by atoms with Crippen LogP contribution in [0.2, 0.25) is 0 Å². The molecule has 4 rings (SSSR count). The fourth-order valence-electron chi connectivity index (χ4n) is 3.51.